The number of imidazole rings is 2. The molecule has 6 rings (SSSR count). The number of pyridine rings is 2. The number of carbonyl (C=O) groups is 2. The highest BCUT2D eigenvalue weighted by molar-refractivity contribution is 6.09. The van der Waals surface area contributed by atoms with Gasteiger partial charge in [-0.1, -0.05) is 83.9 Å². The Bertz CT molecular complexity index is 2050. The first-order valence-corrected chi connectivity index (χ1v) is 17.0. The van der Waals surface area contributed by atoms with Gasteiger partial charge in [0.25, 0.3) is 0 Å². The molecule has 0 unspecified atom stereocenters. The van der Waals surface area contributed by atoms with Crippen molar-refractivity contribution in [1.29, 1.82) is 0 Å². The molecule has 0 atom stereocenters. The lowest BCUT2D eigenvalue weighted by Crippen LogP contribution is -2.16. The van der Waals surface area contributed by atoms with Crippen LogP contribution in [0.25, 0.3) is 43.9 Å². The van der Waals surface area contributed by atoms with Crippen molar-refractivity contribution in [2.75, 3.05) is 23.8 Å². The molecule has 12 heteroatoms. The molecule has 0 spiro atoms. The van der Waals surface area contributed by atoms with Crippen LogP contribution >= 0.6 is 0 Å². The summed E-state index contributed by atoms with van der Waals surface area (Å²) in [7, 11) is 0. The number of nitrogens with zero attached hydrogens (tertiary/aromatic N) is 6. The molecule has 6 aromatic rings. The van der Waals surface area contributed by atoms with Crippen molar-refractivity contribution in [2.45, 2.75) is 73.9 Å². The van der Waals surface area contributed by atoms with Crippen LogP contribution in [0.4, 0.5) is 21.2 Å². The highest BCUT2D eigenvalue weighted by Crippen LogP contribution is 2.30. The van der Waals surface area contributed by atoms with E-state index < -0.39 is 12.2 Å². The Morgan fingerprint density at radius 2 is 1.16 bits per heavy atom. The third kappa shape index (κ3) is 8.43. The first-order valence-electron chi connectivity index (χ1n) is 17.0. The summed E-state index contributed by atoms with van der Waals surface area (Å²) in [5, 5.41) is 7.52. The molecule has 2 N–H and O–H groups in total. The lowest BCUT2D eigenvalue weighted by molar-refractivity contribution is 0.159. The summed E-state index contributed by atoms with van der Waals surface area (Å²) in [6.45, 7) is 15.0. The molecule has 0 fully saturated rings. The number of fused-ring (bicyclic) bond motifs is 6. The zero-order valence-electron chi connectivity index (χ0n) is 29.2. The Hall–Kier alpha value is -5.26. The van der Waals surface area contributed by atoms with Gasteiger partial charge in [0.1, 0.15) is 11.0 Å². The van der Waals surface area contributed by atoms with Crippen molar-refractivity contribution >= 4 is 67.7 Å². The van der Waals surface area contributed by atoms with Crippen LogP contribution in [0.5, 0.6) is 0 Å². The van der Waals surface area contributed by atoms with Gasteiger partial charge in [-0.15, -0.1) is 0 Å². The maximum absolute atomic E-state index is 12.1. The predicted molar refractivity (Wildman–Crippen MR) is 195 cm³/mol. The zero-order chi connectivity index (χ0) is 34.9. The number of rotatable bonds is 11. The van der Waals surface area contributed by atoms with E-state index in [1.165, 1.54) is 0 Å². The minimum Gasteiger partial charge on any atom is -0.450 e. The van der Waals surface area contributed by atoms with E-state index in [0.29, 0.717) is 47.7 Å². The lowest BCUT2D eigenvalue weighted by atomic mass is 10.1. The van der Waals surface area contributed by atoms with Crippen LogP contribution < -0.4 is 10.6 Å². The molecule has 49 heavy (non-hydrogen) atoms. The minimum absolute atomic E-state index is 0.310. The molecule has 4 aromatic heterocycles. The summed E-state index contributed by atoms with van der Waals surface area (Å²) >= 11 is 0. The number of hydrogen-bond donors (Lipinski definition) is 2. The molecule has 0 aliphatic rings. The fourth-order valence-corrected chi connectivity index (χ4v) is 5.72. The molecule has 2 amide bonds. The lowest BCUT2D eigenvalue weighted by Gasteiger charge is -2.11. The maximum atomic E-state index is 12.1. The van der Waals surface area contributed by atoms with E-state index in [1.807, 2.05) is 54.9 Å². The standard InChI is InChI=1S/C20H26N4O2.C17H20N4O2/c1-4-5-8-11-26-20(25)23-19-17-18(24(13-21-17)12-14(2)3)15-9-6-7-10-16(15)22-19;1-4-23-17(22)20-16-14-15(21(10-18-14)9-11(2)3)12-7-5-6-8-13(12)19-16/h6-7,9-10,13-14H,4-5,8,11-12H2,1-3H3,(H,22,23,25);5-8,10-11H,4,9H2,1-3H3,(H,19,20,22). The molecular formula is C37H46N8O4. The van der Waals surface area contributed by atoms with E-state index in [9.17, 15) is 9.59 Å². The smallest absolute Gasteiger partial charge is 0.412 e. The van der Waals surface area contributed by atoms with Gasteiger partial charge in [-0.25, -0.2) is 29.5 Å². The number of amides is 2. The summed E-state index contributed by atoms with van der Waals surface area (Å²) in [5.41, 5.74) is 4.98. The second-order valence-electron chi connectivity index (χ2n) is 12.7. The molecular weight excluding hydrogens is 620 g/mol. The predicted octanol–water partition coefficient (Wildman–Crippen LogP) is 8.79. The summed E-state index contributed by atoms with van der Waals surface area (Å²) in [5.74, 6) is 1.85. The normalized spacial score (nSPS) is 11.3. The van der Waals surface area contributed by atoms with E-state index >= 15 is 0 Å². The van der Waals surface area contributed by atoms with Gasteiger partial charge in [0.15, 0.2) is 11.6 Å². The Kier molecular flexibility index (Phi) is 11.6. The summed E-state index contributed by atoms with van der Waals surface area (Å²) in [4.78, 5) is 42.0. The zero-order valence-corrected chi connectivity index (χ0v) is 29.2. The van der Waals surface area contributed by atoms with E-state index in [1.54, 1.807) is 13.3 Å². The van der Waals surface area contributed by atoms with Gasteiger partial charge in [-0.3, -0.25) is 10.6 Å². The van der Waals surface area contributed by atoms with Crippen molar-refractivity contribution < 1.29 is 19.1 Å². The summed E-state index contributed by atoms with van der Waals surface area (Å²) < 4.78 is 14.4. The number of aromatic nitrogens is 6. The molecule has 0 radical (unpaired) electrons. The monoisotopic (exact) mass is 666 g/mol. The van der Waals surface area contributed by atoms with Crippen molar-refractivity contribution in [3.8, 4) is 0 Å². The molecule has 12 nitrogen and oxygen atoms in total. The van der Waals surface area contributed by atoms with Crippen LogP contribution in [0.2, 0.25) is 0 Å². The second kappa shape index (κ2) is 16.2. The highest BCUT2D eigenvalue weighted by atomic mass is 16.6. The van der Waals surface area contributed by atoms with Gasteiger partial charge in [0, 0.05) is 23.9 Å². The van der Waals surface area contributed by atoms with Gasteiger partial charge >= 0.3 is 12.2 Å². The van der Waals surface area contributed by atoms with Gasteiger partial charge < -0.3 is 18.6 Å². The van der Waals surface area contributed by atoms with Crippen LogP contribution in [0.3, 0.4) is 0 Å². The molecule has 0 saturated heterocycles. The number of hydrogen-bond acceptors (Lipinski definition) is 8. The van der Waals surface area contributed by atoms with Crippen LogP contribution in [0.15, 0.2) is 61.2 Å². The first kappa shape index (κ1) is 35.1. The molecule has 258 valence electrons. The van der Waals surface area contributed by atoms with Gasteiger partial charge in [0.2, 0.25) is 0 Å². The second-order valence-corrected chi connectivity index (χ2v) is 12.7. The molecule has 0 aliphatic heterocycles. The molecule has 4 heterocycles. The molecule has 0 bridgehead atoms. The van der Waals surface area contributed by atoms with E-state index in [-0.39, 0.29) is 0 Å². The Morgan fingerprint density at radius 1 is 0.694 bits per heavy atom. The average molecular weight is 667 g/mol. The largest absolute Gasteiger partial charge is 0.450 e. The van der Waals surface area contributed by atoms with E-state index in [4.69, 9.17) is 9.47 Å². The Morgan fingerprint density at radius 3 is 1.61 bits per heavy atom. The number of unbranched alkanes of at least 4 members (excludes halogenated alkanes) is 2. The van der Waals surface area contributed by atoms with Gasteiger partial charge in [-0.2, -0.15) is 0 Å². The fourth-order valence-electron chi connectivity index (χ4n) is 5.72. The van der Waals surface area contributed by atoms with E-state index in [2.05, 4.69) is 74.3 Å². The topological polar surface area (TPSA) is 138 Å². The number of anilines is 2. The van der Waals surface area contributed by atoms with Crippen molar-refractivity contribution in [3.63, 3.8) is 0 Å². The van der Waals surface area contributed by atoms with Crippen molar-refractivity contribution in [3.05, 3.63) is 61.2 Å². The number of para-hydroxylation sites is 2. The highest BCUT2D eigenvalue weighted by Gasteiger charge is 2.18. The summed E-state index contributed by atoms with van der Waals surface area (Å²) in [6, 6.07) is 15.8. The fraction of sp³-hybridized carbons (Fsp3) is 0.405. The maximum Gasteiger partial charge on any atom is 0.412 e. The van der Waals surface area contributed by atoms with Crippen LogP contribution in [-0.2, 0) is 22.6 Å². The Balaban J connectivity index is 0.000000192. The average Bonchev–Trinajstić information content (AvgIpc) is 3.68. The summed E-state index contributed by atoms with van der Waals surface area (Å²) in [6.07, 6.45) is 5.62. The SMILES string of the molecule is CCCCCOC(=O)Nc1nc2ccccc2c2c1ncn2CC(C)C.CCOC(=O)Nc1nc2ccccc2c2c1ncn2CC(C)C. The van der Waals surface area contributed by atoms with Crippen LogP contribution in [0.1, 0.15) is 60.8 Å². The first-order chi connectivity index (χ1) is 23.7. The van der Waals surface area contributed by atoms with Gasteiger partial charge in [0.05, 0.1) is 47.9 Å². The molecule has 2 aromatic carbocycles. The Labute approximate surface area is 286 Å². The van der Waals surface area contributed by atoms with E-state index in [0.717, 1.165) is 65.2 Å². The van der Waals surface area contributed by atoms with Crippen molar-refractivity contribution in [2.24, 2.45) is 11.8 Å². The van der Waals surface area contributed by atoms with Crippen LogP contribution in [0, 0.1) is 11.8 Å². The number of nitrogens with one attached hydrogen (secondary N) is 2. The number of carbonyl (C=O) groups excluding carboxylic acids is 2. The minimum atomic E-state index is -0.519. The number of benzene rings is 2. The molecule has 0 aliphatic carbocycles. The van der Waals surface area contributed by atoms with Crippen molar-refractivity contribution in [1.82, 2.24) is 29.1 Å². The van der Waals surface area contributed by atoms with Crippen LogP contribution in [-0.4, -0.2) is 54.5 Å². The third-order valence-electron chi connectivity index (χ3n) is 7.73. The quantitative estimate of drug-likeness (QED) is 0.131. The number of ether oxygens (including phenoxy) is 2. The third-order valence-corrected chi connectivity index (χ3v) is 7.73. The van der Waals surface area contributed by atoms with Gasteiger partial charge in [-0.05, 0) is 37.3 Å². The molecule has 0 saturated carbocycles.